The van der Waals surface area contributed by atoms with E-state index in [-0.39, 0.29) is 25.0 Å². The van der Waals surface area contributed by atoms with Crippen LogP contribution in [0.1, 0.15) is 60.3 Å². The monoisotopic (exact) mass is 476 g/mol. The Balaban J connectivity index is 2.11. The summed E-state index contributed by atoms with van der Waals surface area (Å²) in [7, 11) is 0. The highest BCUT2D eigenvalue weighted by molar-refractivity contribution is 5.99. The minimum atomic E-state index is -1.14. The van der Waals surface area contributed by atoms with Gasteiger partial charge in [-0.25, -0.2) is 0 Å². The Kier molecular flexibility index (Phi) is 7.35. The van der Waals surface area contributed by atoms with Gasteiger partial charge in [0.2, 0.25) is 11.8 Å². The summed E-state index contributed by atoms with van der Waals surface area (Å²) < 4.78 is 12.1. The number of carbonyl (C=O) groups is 3. The number of hydrogen-bond donors (Lipinski definition) is 1. The lowest BCUT2D eigenvalue weighted by Gasteiger charge is -2.43. The zero-order chi connectivity index (χ0) is 25.5. The first-order valence-corrected chi connectivity index (χ1v) is 12.3. The summed E-state index contributed by atoms with van der Waals surface area (Å²) in [4.78, 5) is 44.6. The molecule has 3 aliphatic heterocycles. The number of likely N-dealkylation sites (tertiary alicyclic amines) is 1. The second-order valence-electron chi connectivity index (χ2n) is 10.9. The van der Waals surface area contributed by atoms with E-state index in [0.29, 0.717) is 32.2 Å². The third-order valence-electron chi connectivity index (χ3n) is 7.73. The van der Waals surface area contributed by atoms with Gasteiger partial charge in [0.05, 0.1) is 30.8 Å². The van der Waals surface area contributed by atoms with Crippen molar-refractivity contribution in [2.24, 2.45) is 11.8 Å². The molecule has 2 bridgehead atoms. The largest absolute Gasteiger partial charge is 0.465 e. The first-order chi connectivity index (χ1) is 15.9. The molecule has 34 heavy (non-hydrogen) atoms. The molecule has 3 heterocycles. The second kappa shape index (κ2) is 9.46. The third-order valence-corrected chi connectivity index (χ3v) is 7.73. The minimum absolute atomic E-state index is 0.181. The predicted molar refractivity (Wildman–Crippen MR) is 128 cm³/mol. The van der Waals surface area contributed by atoms with Crippen molar-refractivity contribution in [3.05, 3.63) is 25.3 Å². The van der Waals surface area contributed by atoms with Crippen LogP contribution in [0, 0.1) is 11.8 Å². The molecule has 1 N–H and O–H groups in total. The van der Waals surface area contributed by atoms with Crippen molar-refractivity contribution in [2.45, 2.75) is 89.1 Å². The van der Waals surface area contributed by atoms with E-state index in [0.717, 1.165) is 0 Å². The molecule has 3 saturated heterocycles. The van der Waals surface area contributed by atoms with Gasteiger partial charge < -0.3 is 24.4 Å². The van der Waals surface area contributed by atoms with Crippen molar-refractivity contribution in [3.63, 3.8) is 0 Å². The second-order valence-corrected chi connectivity index (χ2v) is 10.9. The predicted octanol–water partition coefficient (Wildman–Crippen LogP) is 2.45. The lowest BCUT2D eigenvalue weighted by molar-refractivity contribution is -0.163. The SMILES string of the molecule is C=CCCOC(=O)[C@H]1[C@H]2C(=O)N([C@@H](CC)CO)C(C(=O)N(CC=C)C(C)(C)C)C23CC[C@]1(C)O3. The van der Waals surface area contributed by atoms with Crippen molar-refractivity contribution >= 4 is 17.8 Å². The zero-order valence-corrected chi connectivity index (χ0v) is 21.2. The number of rotatable bonds is 10. The number of nitrogens with zero attached hydrogens (tertiary/aromatic N) is 2. The highest BCUT2D eigenvalue weighted by Crippen LogP contribution is 2.63. The first-order valence-electron chi connectivity index (χ1n) is 12.3. The molecular weight excluding hydrogens is 436 g/mol. The van der Waals surface area contributed by atoms with Crippen molar-refractivity contribution in [1.82, 2.24) is 9.80 Å². The smallest absolute Gasteiger partial charge is 0.312 e. The Morgan fingerprint density at radius 3 is 2.53 bits per heavy atom. The van der Waals surface area contributed by atoms with Crippen LogP contribution in [-0.4, -0.2) is 81.3 Å². The molecule has 3 aliphatic rings. The van der Waals surface area contributed by atoms with Crippen LogP contribution in [0.5, 0.6) is 0 Å². The highest BCUT2D eigenvalue weighted by atomic mass is 16.6. The van der Waals surface area contributed by atoms with E-state index in [2.05, 4.69) is 13.2 Å². The van der Waals surface area contributed by atoms with Gasteiger partial charge >= 0.3 is 5.97 Å². The quantitative estimate of drug-likeness (QED) is 0.296. The number of fused-ring (bicyclic) bond motifs is 1. The Bertz CT molecular complexity index is 847. The maximum Gasteiger partial charge on any atom is 0.312 e. The number of carbonyl (C=O) groups excluding carboxylic acids is 3. The fourth-order valence-corrected chi connectivity index (χ4v) is 6.11. The van der Waals surface area contributed by atoms with Crippen molar-refractivity contribution in [2.75, 3.05) is 19.8 Å². The van der Waals surface area contributed by atoms with Crippen LogP contribution >= 0.6 is 0 Å². The first kappa shape index (κ1) is 26.4. The summed E-state index contributed by atoms with van der Waals surface area (Å²) >= 11 is 0. The average Bonchev–Trinajstić information content (AvgIpc) is 3.33. The van der Waals surface area contributed by atoms with Crippen LogP contribution in [0.4, 0.5) is 0 Å². The molecule has 3 fully saturated rings. The standard InChI is InChI=1S/C26H40N2O6/c1-8-11-15-33-23(32)19-18-21(30)28(17(10-3)16-29)20(26(18)13-12-25(19,7)34-26)22(31)27(14-9-2)24(4,5)6/h8-9,17-20,29H,1-2,10-16H2,3-7H3/t17-,18-,19+,20?,25-,26?/m0/s1. The van der Waals surface area contributed by atoms with E-state index in [4.69, 9.17) is 9.47 Å². The van der Waals surface area contributed by atoms with Crippen LogP contribution in [-0.2, 0) is 23.9 Å². The van der Waals surface area contributed by atoms with Crippen molar-refractivity contribution in [1.29, 1.82) is 0 Å². The van der Waals surface area contributed by atoms with Gasteiger partial charge in [-0.15, -0.1) is 13.2 Å². The molecule has 0 aromatic rings. The van der Waals surface area contributed by atoms with Crippen molar-refractivity contribution < 1.29 is 29.0 Å². The number of esters is 1. The van der Waals surface area contributed by atoms with Gasteiger partial charge in [-0.3, -0.25) is 14.4 Å². The van der Waals surface area contributed by atoms with E-state index >= 15 is 0 Å². The number of ether oxygens (including phenoxy) is 2. The Morgan fingerprint density at radius 1 is 1.32 bits per heavy atom. The van der Waals surface area contributed by atoms with E-state index in [1.54, 1.807) is 17.1 Å². The summed E-state index contributed by atoms with van der Waals surface area (Å²) in [5.41, 5.74) is -2.56. The molecule has 0 aliphatic carbocycles. The lowest BCUT2D eigenvalue weighted by atomic mass is 9.66. The molecule has 0 radical (unpaired) electrons. The molecule has 0 aromatic carbocycles. The lowest BCUT2D eigenvalue weighted by Crippen LogP contribution is -2.61. The molecule has 0 saturated carbocycles. The molecule has 3 rings (SSSR count). The molecule has 2 amide bonds. The zero-order valence-electron chi connectivity index (χ0n) is 21.2. The van der Waals surface area contributed by atoms with Gasteiger partial charge in [-0.1, -0.05) is 19.1 Å². The summed E-state index contributed by atoms with van der Waals surface area (Å²) in [6, 6.07) is -1.49. The normalized spacial score (nSPS) is 32.9. The maximum absolute atomic E-state index is 14.2. The highest BCUT2D eigenvalue weighted by Gasteiger charge is 2.79. The van der Waals surface area contributed by atoms with Gasteiger partial charge in [0.15, 0.2) is 0 Å². The minimum Gasteiger partial charge on any atom is -0.465 e. The number of amides is 2. The topological polar surface area (TPSA) is 96.4 Å². The fourth-order valence-electron chi connectivity index (χ4n) is 6.11. The van der Waals surface area contributed by atoms with Gasteiger partial charge in [0.25, 0.3) is 0 Å². The summed E-state index contributed by atoms with van der Waals surface area (Å²) in [5, 5.41) is 10.1. The molecule has 6 atom stereocenters. The molecule has 1 spiro atoms. The molecule has 0 aromatic heterocycles. The van der Waals surface area contributed by atoms with Crippen LogP contribution < -0.4 is 0 Å². The third kappa shape index (κ3) is 3.98. The Labute approximate surface area is 202 Å². The van der Waals surface area contributed by atoms with Crippen LogP contribution in [0.2, 0.25) is 0 Å². The molecule has 8 nitrogen and oxygen atoms in total. The van der Waals surface area contributed by atoms with Gasteiger partial charge in [-0.05, 0) is 53.4 Å². The van der Waals surface area contributed by atoms with Crippen LogP contribution in [0.25, 0.3) is 0 Å². The summed E-state index contributed by atoms with van der Waals surface area (Å²) in [5.74, 6) is -2.69. The van der Waals surface area contributed by atoms with Gasteiger partial charge in [0.1, 0.15) is 17.6 Å². The fraction of sp³-hybridized carbons (Fsp3) is 0.731. The summed E-state index contributed by atoms with van der Waals surface area (Å²) in [6.45, 7) is 17.2. The molecule has 8 heteroatoms. The van der Waals surface area contributed by atoms with Gasteiger partial charge in [0, 0.05) is 12.1 Å². The van der Waals surface area contributed by atoms with E-state index in [9.17, 15) is 19.5 Å². The van der Waals surface area contributed by atoms with Crippen LogP contribution in [0.3, 0.4) is 0 Å². The average molecular weight is 477 g/mol. The summed E-state index contributed by atoms with van der Waals surface area (Å²) in [6.07, 6.45) is 5.34. The van der Waals surface area contributed by atoms with Crippen LogP contribution in [0.15, 0.2) is 25.3 Å². The number of aliphatic hydroxyl groups excluding tert-OH is 1. The molecular formula is C26H40N2O6. The van der Waals surface area contributed by atoms with Gasteiger partial charge in [-0.2, -0.15) is 0 Å². The van der Waals surface area contributed by atoms with Crippen molar-refractivity contribution in [3.8, 4) is 0 Å². The number of aliphatic hydroxyl groups is 1. The van der Waals surface area contributed by atoms with E-state index in [1.807, 2.05) is 34.6 Å². The maximum atomic E-state index is 14.2. The van der Waals surface area contributed by atoms with E-state index in [1.165, 1.54) is 4.90 Å². The number of hydrogen-bond acceptors (Lipinski definition) is 6. The molecule has 190 valence electrons. The van der Waals surface area contributed by atoms with E-state index < -0.39 is 46.6 Å². The Hall–Kier alpha value is -2.19. The molecule has 2 unspecified atom stereocenters. The Morgan fingerprint density at radius 2 is 2.00 bits per heavy atom.